The standard InChI is InChI=1S/C20H20ClNO6/c1-3-27-18(23)20(19(24)28-4-2,13-14-8-6-5-7-9-14)16-11-10-15(22(25)26)12-17(16)21/h5-12H,3-4,13H2,1-2H3. The van der Waals surface area contributed by atoms with Gasteiger partial charge in [-0.2, -0.15) is 0 Å². The Kier molecular flexibility index (Phi) is 7.12. The molecule has 0 fully saturated rings. The van der Waals surface area contributed by atoms with Gasteiger partial charge in [0.25, 0.3) is 5.69 Å². The zero-order valence-corrected chi connectivity index (χ0v) is 16.3. The number of carbonyl (C=O) groups is 2. The lowest BCUT2D eigenvalue weighted by atomic mass is 9.75. The second-order valence-corrected chi connectivity index (χ2v) is 6.34. The van der Waals surface area contributed by atoms with Crippen LogP contribution in [0, 0.1) is 10.1 Å². The number of rotatable bonds is 8. The second-order valence-electron chi connectivity index (χ2n) is 5.93. The van der Waals surface area contributed by atoms with Crippen LogP contribution in [0.4, 0.5) is 5.69 Å². The van der Waals surface area contributed by atoms with Gasteiger partial charge in [-0.1, -0.05) is 41.9 Å². The summed E-state index contributed by atoms with van der Waals surface area (Å²) in [5.74, 6) is -1.65. The molecule has 0 aliphatic carbocycles. The number of hydrogen-bond donors (Lipinski definition) is 0. The van der Waals surface area contributed by atoms with E-state index in [9.17, 15) is 19.7 Å². The van der Waals surface area contributed by atoms with Crippen molar-refractivity contribution >= 4 is 29.2 Å². The predicted molar refractivity (Wildman–Crippen MR) is 103 cm³/mol. The van der Waals surface area contributed by atoms with Crippen molar-refractivity contribution in [2.24, 2.45) is 0 Å². The maximum absolute atomic E-state index is 13.0. The molecule has 2 aromatic rings. The summed E-state index contributed by atoms with van der Waals surface area (Å²) in [7, 11) is 0. The topological polar surface area (TPSA) is 95.7 Å². The summed E-state index contributed by atoms with van der Waals surface area (Å²) in [4.78, 5) is 36.5. The lowest BCUT2D eigenvalue weighted by Crippen LogP contribution is -2.48. The van der Waals surface area contributed by atoms with Crippen LogP contribution < -0.4 is 0 Å². The van der Waals surface area contributed by atoms with E-state index >= 15 is 0 Å². The lowest BCUT2D eigenvalue weighted by molar-refractivity contribution is -0.384. The average Bonchev–Trinajstić information content (AvgIpc) is 2.67. The number of nitro benzene ring substituents is 1. The van der Waals surface area contributed by atoms with E-state index in [1.807, 2.05) is 0 Å². The Hall–Kier alpha value is -2.93. The Morgan fingerprint density at radius 1 is 1.04 bits per heavy atom. The Balaban J connectivity index is 2.72. The molecule has 0 bridgehead atoms. The number of ether oxygens (including phenoxy) is 2. The van der Waals surface area contributed by atoms with Crippen LogP contribution >= 0.6 is 11.6 Å². The van der Waals surface area contributed by atoms with Crippen LogP contribution in [0.2, 0.25) is 5.02 Å². The summed E-state index contributed by atoms with van der Waals surface area (Å²) in [6.45, 7) is 3.32. The van der Waals surface area contributed by atoms with Crippen molar-refractivity contribution < 1.29 is 24.0 Å². The molecular formula is C20H20ClNO6. The van der Waals surface area contributed by atoms with Gasteiger partial charge in [0.1, 0.15) is 0 Å². The quantitative estimate of drug-likeness (QED) is 0.286. The van der Waals surface area contributed by atoms with Crippen molar-refractivity contribution in [3.05, 3.63) is 74.8 Å². The van der Waals surface area contributed by atoms with Crippen LogP contribution in [0.1, 0.15) is 25.0 Å². The van der Waals surface area contributed by atoms with Gasteiger partial charge in [-0.25, -0.2) is 0 Å². The third-order valence-corrected chi connectivity index (χ3v) is 4.50. The molecule has 7 nitrogen and oxygen atoms in total. The molecule has 0 radical (unpaired) electrons. The molecule has 148 valence electrons. The van der Waals surface area contributed by atoms with Crippen molar-refractivity contribution in [2.75, 3.05) is 13.2 Å². The number of carbonyl (C=O) groups excluding carboxylic acids is 2. The molecule has 0 spiro atoms. The molecule has 0 aromatic heterocycles. The molecule has 0 N–H and O–H groups in total. The Morgan fingerprint density at radius 2 is 1.61 bits per heavy atom. The number of esters is 2. The Morgan fingerprint density at radius 3 is 2.07 bits per heavy atom. The summed E-state index contributed by atoms with van der Waals surface area (Å²) in [5, 5.41) is 11.0. The van der Waals surface area contributed by atoms with E-state index in [0.29, 0.717) is 5.56 Å². The third kappa shape index (κ3) is 4.31. The highest BCUT2D eigenvalue weighted by atomic mass is 35.5. The Bertz CT molecular complexity index is 850. The molecule has 0 saturated carbocycles. The molecule has 2 aromatic carbocycles. The molecule has 0 heterocycles. The van der Waals surface area contributed by atoms with E-state index in [1.165, 1.54) is 12.1 Å². The molecule has 0 aliphatic heterocycles. The van der Waals surface area contributed by atoms with Gasteiger partial charge in [0.2, 0.25) is 0 Å². The molecule has 0 amide bonds. The summed E-state index contributed by atoms with van der Waals surface area (Å²) < 4.78 is 10.4. The van der Waals surface area contributed by atoms with Crippen LogP contribution in [0.25, 0.3) is 0 Å². The third-order valence-electron chi connectivity index (χ3n) is 4.18. The molecule has 8 heteroatoms. The highest BCUT2D eigenvalue weighted by Gasteiger charge is 2.52. The lowest BCUT2D eigenvalue weighted by Gasteiger charge is -2.30. The number of nitrogens with zero attached hydrogens (tertiary/aromatic N) is 1. The van der Waals surface area contributed by atoms with E-state index in [-0.39, 0.29) is 35.9 Å². The second kappa shape index (κ2) is 9.32. The minimum atomic E-state index is -1.89. The number of halogens is 1. The first-order valence-electron chi connectivity index (χ1n) is 8.69. The minimum absolute atomic E-state index is 0.0411. The first kappa shape index (κ1) is 21.4. The van der Waals surface area contributed by atoms with E-state index in [1.54, 1.807) is 44.2 Å². The maximum atomic E-state index is 13.0. The molecule has 0 saturated heterocycles. The van der Waals surface area contributed by atoms with Gasteiger partial charge in [-0.05, 0) is 25.5 Å². The van der Waals surface area contributed by atoms with Crippen molar-refractivity contribution in [3.63, 3.8) is 0 Å². The van der Waals surface area contributed by atoms with Gasteiger partial charge in [0, 0.05) is 24.1 Å². The molecule has 0 atom stereocenters. The van der Waals surface area contributed by atoms with Crippen LogP contribution in [0.15, 0.2) is 48.5 Å². The monoisotopic (exact) mass is 405 g/mol. The van der Waals surface area contributed by atoms with Crippen LogP contribution in [-0.2, 0) is 30.9 Å². The van der Waals surface area contributed by atoms with Crippen LogP contribution in [0.3, 0.4) is 0 Å². The number of benzene rings is 2. The minimum Gasteiger partial charge on any atom is -0.465 e. The molecular weight excluding hydrogens is 386 g/mol. The first-order valence-corrected chi connectivity index (χ1v) is 9.07. The van der Waals surface area contributed by atoms with E-state index in [4.69, 9.17) is 21.1 Å². The smallest absolute Gasteiger partial charge is 0.328 e. The van der Waals surface area contributed by atoms with E-state index in [0.717, 1.165) is 6.07 Å². The zero-order chi connectivity index (χ0) is 20.7. The van der Waals surface area contributed by atoms with Gasteiger partial charge in [-0.15, -0.1) is 0 Å². The number of nitro groups is 1. The van der Waals surface area contributed by atoms with Crippen molar-refractivity contribution in [3.8, 4) is 0 Å². The van der Waals surface area contributed by atoms with Gasteiger partial charge >= 0.3 is 11.9 Å². The largest absolute Gasteiger partial charge is 0.465 e. The zero-order valence-electron chi connectivity index (χ0n) is 15.5. The van der Waals surface area contributed by atoms with Crippen LogP contribution in [-0.4, -0.2) is 30.1 Å². The molecule has 0 unspecified atom stereocenters. The SMILES string of the molecule is CCOC(=O)C(Cc1ccccc1)(C(=O)OCC)c1ccc([N+](=O)[O-])cc1Cl. The fourth-order valence-corrected chi connectivity index (χ4v) is 3.25. The van der Waals surface area contributed by atoms with Gasteiger partial charge in [0.15, 0.2) is 5.41 Å². The summed E-state index contributed by atoms with van der Waals surface area (Å²) in [5.41, 5.74) is -1.37. The summed E-state index contributed by atoms with van der Waals surface area (Å²) in [6.07, 6.45) is -0.0664. The summed E-state index contributed by atoms with van der Waals surface area (Å²) >= 11 is 6.29. The summed E-state index contributed by atoms with van der Waals surface area (Å²) in [6, 6.07) is 12.5. The fraction of sp³-hybridized carbons (Fsp3) is 0.300. The maximum Gasteiger partial charge on any atom is 0.328 e. The average molecular weight is 406 g/mol. The molecule has 2 rings (SSSR count). The number of hydrogen-bond acceptors (Lipinski definition) is 6. The van der Waals surface area contributed by atoms with Gasteiger partial charge in [-0.3, -0.25) is 19.7 Å². The highest BCUT2D eigenvalue weighted by Crippen LogP contribution is 2.38. The fourth-order valence-electron chi connectivity index (χ4n) is 2.92. The van der Waals surface area contributed by atoms with Crippen molar-refractivity contribution in [1.82, 2.24) is 0 Å². The van der Waals surface area contributed by atoms with Crippen LogP contribution in [0.5, 0.6) is 0 Å². The molecule has 28 heavy (non-hydrogen) atoms. The Labute approximate surface area is 167 Å². The van der Waals surface area contributed by atoms with Crippen molar-refractivity contribution in [1.29, 1.82) is 0 Å². The van der Waals surface area contributed by atoms with E-state index < -0.39 is 22.3 Å². The molecule has 0 aliphatic rings. The number of non-ortho nitro benzene ring substituents is 1. The van der Waals surface area contributed by atoms with Crippen molar-refractivity contribution in [2.45, 2.75) is 25.7 Å². The van der Waals surface area contributed by atoms with Gasteiger partial charge < -0.3 is 9.47 Å². The van der Waals surface area contributed by atoms with Gasteiger partial charge in [0.05, 0.1) is 23.2 Å². The normalized spacial score (nSPS) is 11.0. The van der Waals surface area contributed by atoms with E-state index in [2.05, 4.69) is 0 Å². The highest BCUT2D eigenvalue weighted by molar-refractivity contribution is 6.32. The first-order chi connectivity index (χ1) is 13.4. The predicted octanol–water partition coefficient (Wildman–Crippen LogP) is 3.85.